The number of carbonyl (C=O) groups is 1. The van der Waals surface area contributed by atoms with Crippen LogP contribution in [0.5, 0.6) is 0 Å². The number of benzene rings is 1. The zero-order valence-electron chi connectivity index (χ0n) is 16.5. The van der Waals surface area contributed by atoms with Gasteiger partial charge in [-0.25, -0.2) is 4.79 Å². The molecule has 1 aromatic rings. The van der Waals surface area contributed by atoms with Crippen molar-refractivity contribution in [3.8, 4) is 0 Å². The van der Waals surface area contributed by atoms with Gasteiger partial charge in [0.05, 0.1) is 16.7 Å². The van der Waals surface area contributed by atoms with Crippen LogP contribution in [0.2, 0.25) is 0 Å². The number of hydrogen-bond donors (Lipinski definition) is 0. The van der Waals surface area contributed by atoms with Gasteiger partial charge in [0, 0.05) is 52.4 Å². The van der Waals surface area contributed by atoms with Gasteiger partial charge in [-0.2, -0.15) is 12.7 Å². The summed E-state index contributed by atoms with van der Waals surface area (Å²) >= 11 is 0. The third kappa shape index (κ3) is 4.35. The molecule has 0 bridgehead atoms. The van der Waals surface area contributed by atoms with Crippen molar-refractivity contribution < 1.29 is 18.1 Å². The molecule has 0 radical (unpaired) electrons. The maximum absolute atomic E-state index is 12.9. The van der Waals surface area contributed by atoms with Gasteiger partial charge < -0.3 is 9.80 Å². The lowest BCUT2D eigenvalue weighted by Crippen LogP contribution is -2.65. The predicted octanol–water partition coefficient (Wildman–Crippen LogP) is 1.66. The maximum atomic E-state index is 12.9. The Morgan fingerprint density at radius 2 is 1.93 bits per heavy atom. The van der Waals surface area contributed by atoms with E-state index in [9.17, 15) is 23.3 Å². The Balaban J connectivity index is 1.80. The third-order valence-corrected chi connectivity index (χ3v) is 6.96. The lowest BCUT2D eigenvalue weighted by molar-refractivity contribution is -0.384. The SMILES string of the molecule is CN(C)S(=O)(=O)N(c1cccc([N+](=O)[O-])c1)C1CN(C(=O)N2CC=CCCC2)C1. The van der Waals surface area contributed by atoms with Gasteiger partial charge in [-0.1, -0.05) is 18.2 Å². The smallest absolute Gasteiger partial charge is 0.320 e. The summed E-state index contributed by atoms with van der Waals surface area (Å²) in [4.78, 5) is 26.6. The topological polar surface area (TPSA) is 107 Å². The molecular formula is C18H25N5O5S. The first kappa shape index (κ1) is 21.1. The molecule has 0 aromatic heterocycles. The number of amides is 2. The molecule has 1 fully saturated rings. The van der Waals surface area contributed by atoms with Gasteiger partial charge >= 0.3 is 16.2 Å². The number of nitro groups is 1. The summed E-state index contributed by atoms with van der Waals surface area (Å²) in [5.74, 6) is 0. The van der Waals surface area contributed by atoms with Crippen molar-refractivity contribution in [3.63, 3.8) is 0 Å². The molecule has 11 heteroatoms. The zero-order valence-corrected chi connectivity index (χ0v) is 17.3. The quantitative estimate of drug-likeness (QED) is 0.407. The highest BCUT2D eigenvalue weighted by Crippen LogP contribution is 2.30. The lowest BCUT2D eigenvalue weighted by atomic mass is 10.1. The van der Waals surface area contributed by atoms with E-state index in [0.717, 1.165) is 17.1 Å². The molecule has 3 rings (SSSR count). The summed E-state index contributed by atoms with van der Waals surface area (Å²) in [5, 5.41) is 11.1. The second-order valence-corrected chi connectivity index (χ2v) is 9.28. The van der Waals surface area contributed by atoms with Crippen LogP contribution in [0.15, 0.2) is 36.4 Å². The fourth-order valence-corrected chi connectivity index (χ4v) is 4.64. The van der Waals surface area contributed by atoms with Crippen molar-refractivity contribution in [2.24, 2.45) is 0 Å². The third-order valence-electron chi connectivity index (χ3n) is 5.03. The highest BCUT2D eigenvalue weighted by atomic mass is 32.2. The Morgan fingerprint density at radius 3 is 2.59 bits per heavy atom. The maximum Gasteiger partial charge on any atom is 0.320 e. The molecule has 1 aromatic carbocycles. The van der Waals surface area contributed by atoms with Crippen LogP contribution in [0.3, 0.4) is 0 Å². The number of urea groups is 1. The van der Waals surface area contributed by atoms with Gasteiger partial charge in [0.1, 0.15) is 0 Å². The van der Waals surface area contributed by atoms with Crippen LogP contribution >= 0.6 is 0 Å². The van der Waals surface area contributed by atoms with Crippen LogP contribution in [-0.2, 0) is 10.2 Å². The van der Waals surface area contributed by atoms with E-state index in [0.29, 0.717) is 13.1 Å². The van der Waals surface area contributed by atoms with Gasteiger partial charge in [-0.05, 0) is 18.9 Å². The van der Waals surface area contributed by atoms with Gasteiger partial charge in [-0.3, -0.25) is 14.4 Å². The molecule has 1 saturated heterocycles. The Kier molecular flexibility index (Phi) is 6.08. The van der Waals surface area contributed by atoms with Gasteiger partial charge in [0.2, 0.25) is 0 Å². The monoisotopic (exact) mass is 423 g/mol. The molecule has 2 aliphatic heterocycles. The average Bonchev–Trinajstić information content (AvgIpc) is 2.93. The molecule has 0 atom stereocenters. The molecule has 10 nitrogen and oxygen atoms in total. The molecule has 0 saturated carbocycles. The number of allylic oxidation sites excluding steroid dienone is 1. The minimum atomic E-state index is -3.89. The number of rotatable bonds is 5. The standard InChI is InChI=1S/C18H25N5O5S/c1-19(2)29(27,28)22(15-8-7-9-16(12-15)23(25)26)17-13-21(14-17)18(24)20-10-5-3-4-6-11-20/h3,5,7-9,12,17H,4,6,10-11,13-14H2,1-2H3. The number of anilines is 1. The number of non-ortho nitro benzene ring substituents is 1. The molecule has 2 heterocycles. The van der Waals surface area contributed by atoms with Crippen molar-refractivity contribution in [2.75, 3.05) is 44.6 Å². The van der Waals surface area contributed by atoms with Gasteiger partial charge in [0.25, 0.3) is 5.69 Å². The number of nitrogens with zero attached hydrogens (tertiary/aromatic N) is 5. The van der Waals surface area contributed by atoms with Crippen LogP contribution in [0.4, 0.5) is 16.2 Å². The van der Waals surface area contributed by atoms with Crippen LogP contribution in [0, 0.1) is 10.1 Å². The van der Waals surface area contributed by atoms with Crippen LogP contribution < -0.4 is 4.31 Å². The Labute approximate surface area is 170 Å². The van der Waals surface area contributed by atoms with Crippen molar-refractivity contribution >= 4 is 27.6 Å². The number of carbonyl (C=O) groups excluding carboxylic acids is 1. The molecule has 158 valence electrons. The summed E-state index contributed by atoms with van der Waals surface area (Å²) in [6.07, 6.45) is 5.86. The van der Waals surface area contributed by atoms with E-state index in [1.165, 1.54) is 42.7 Å². The average molecular weight is 423 g/mol. The number of likely N-dealkylation sites (tertiary alicyclic amines) is 1. The van der Waals surface area contributed by atoms with Gasteiger partial charge in [-0.15, -0.1) is 0 Å². The highest BCUT2D eigenvalue weighted by Gasteiger charge is 2.42. The first-order valence-electron chi connectivity index (χ1n) is 9.37. The molecule has 2 amide bonds. The Hall–Kier alpha value is -2.66. The van der Waals surface area contributed by atoms with Crippen LogP contribution in [0.1, 0.15) is 12.8 Å². The second kappa shape index (κ2) is 8.37. The molecule has 0 unspecified atom stereocenters. The van der Waals surface area contributed by atoms with E-state index in [2.05, 4.69) is 6.08 Å². The van der Waals surface area contributed by atoms with Crippen molar-refractivity contribution in [2.45, 2.75) is 18.9 Å². The number of nitro benzene ring substituents is 1. The fourth-order valence-electron chi connectivity index (χ4n) is 3.40. The van der Waals surface area contributed by atoms with Crippen molar-refractivity contribution in [3.05, 3.63) is 46.5 Å². The minimum Gasteiger partial charge on any atom is -0.321 e. The van der Waals surface area contributed by atoms with E-state index >= 15 is 0 Å². The van der Waals surface area contributed by atoms with Crippen LogP contribution in [0.25, 0.3) is 0 Å². The van der Waals surface area contributed by atoms with Crippen LogP contribution in [-0.4, -0.2) is 79.8 Å². The van der Waals surface area contributed by atoms with Gasteiger partial charge in [0.15, 0.2) is 0 Å². The summed E-state index contributed by atoms with van der Waals surface area (Å²) in [6.45, 7) is 1.67. The summed E-state index contributed by atoms with van der Waals surface area (Å²) < 4.78 is 28.1. The van der Waals surface area contributed by atoms with E-state index in [4.69, 9.17) is 0 Å². The predicted molar refractivity (Wildman–Crippen MR) is 109 cm³/mol. The molecule has 29 heavy (non-hydrogen) atoms. The van der Waals surface area contributed by atoms with E-state index < -0.39 is 21.2 Å². The molecule has 0 aliphatic carbocycles. The normalized spacial score (nSPS) is 17.8. The fraction of sp³-hybridized carbons (Fsp3) is 0.500. The number of hydrogen-bond acceptors (Lipinski definition) is 5. The summed E-state index contributed by atoms with van der Waals surface area (Å²) in [6, 6.07) is 4.93. The lowest BCUT2D eigenvalue weighted by Gasteiger charge is -2.47. The van der Waals surface area contributed by atoms with Crippen molar-refractivity contribution in [1.82, 2.24) is 14.1 Å². The van der Waals surface area contributed by atoms with E-state index in [-0.39, 0.29) is 30.5 Å². The second-order valence-electron chi connectivity index (χ2n) is 7.26. The molecule has 0 spiro atoms. The molecule has 0 N–H and O–H groups in total. The zero-order chi connectivity index (χ0) is 21.2. The first-order chi connectivity index (χ1) is 13.7. The van der Waals surface area contributed by atoms with E-state index in [1.807, 2.05) is 6.08 Å². The Morgan fingerprint density at radius 1 is 1.21 bits per heavy atom. The Bertz CT molecular complexity index is 911. The minimum absolute atomic E-state index is 0.117. The van der Waals surface area contributed by atoms with Crippen molar-refractivity contribution in [1.29, 1.82) is 0 Å². The summed E-state index contributed by atoms with van der Waals surface area (Å²) in [7, 11) is -1.08. The molecular weight excluding hydrogens is 398 g/mol. The largest absolute Gasteiger partial charge is 0.321 e. The molecule has 2 aliphatic rings. The summed E-state index contributed by atoms with van der Waals surface area (Å²) in [5.41, 5.74) is 0.0211. The first-order valence-corrected chi connectivity index (χ1v) is 10.8. The highest BCUT2D eigenvalue weighted by molar-refractivity contribution is 7.90. The van der Waals surface area contributed by atoms with E-state index in [1.54, 1.807) is 9.80 Å².